The normalized spacial score (nSPS) is 28.8. The molecule has 2 heterocycles. The van der Waals surface area contributed by atoms with Crippen LogP contribution < -0.4 is 5.32 Å². The number of likely N-dealkylation sites (N-methyl/N-ethyl adjacent to an activating group) is 1. The maximum absolute atomic E-state index is 3.47. The highest BCUT2D eigenvalue weighted by atomic mass is 15.3. The summed E-state index contributed by atoms with van der Waals surface area (Å²) < 4.78 is 0. The number of hydrogen-bond acceptors (Lipinski definition) is 4. The second kappa shape index (κ2) is 6.69. The molecule has 4 nitrogen and oxygen atoms in total. The van der Waals surface area contributed by atoms with Gasteiger partial charge in [0.25, 0.3) is 0 Å². The Morgan fingerprint density at radius 3 is 2.65 bits per heavy atom. The predicted molar refractivity (Wildman–Crippen MR) is 72.5 cm³/mol. The van der Waals surface area contributed by atoms with Crippen molar-refractivity contribution in [3.8, 4) is 0 Å². The zero-order valence-electron chi connectivity index (χ0n) is 11.5. The van der Waals surface area contributed by atoms with Crippen molar-refractivity contribution in [2.45, 2.75) is 18.9 Å². The quantitative estimate of drug-likeness (QED) is 0.742. The first kappa shape index (κ1) is 13.3. The first-order valence-corrected chi connectivity index (χ1v) is 7.07. The standard InChI is InChI=1S/C13H28N4/c1-15(2)13-4-8-17(12-13)11-10-16-7-3-5-14-6-9-16/h13-14H,3-12H2,1-2H3. The molecule has 100 valence electrons. The SMILES string of the molecule is CN(C)C1CCN(CCN2CCCNCC2)C1. The highest BCUT2D eigenvalue weighted by Gasteiger charge is 2.23. The van der Waals surface area contributed by atoms with E-state index >= 15 is 0 Å². The Balaban J connectivity index is 1.64. The predicted octanol–water partition coefficient (Wildman–Crippen LogP) is -0.0824. The van der Waals surface area contributed by atoms with Crippen LogP contribution in [0.1, 0.15) is 12.8 Å². The van der Waals surface area contributed by atoms with Crippen molar-refractivity contribution < 1.29 is 0 Å². The van der Waals surface area contributed by atoms with E-state index in [-0.39, 0.29) is 0 Å². The van der Waals surface area contributed by atoms with Crippen molar-refractivity contribution in [3.05, 3.63) is 0 Å². The van der Waals surface area contributed by atoms with E-state index in [1.807, 2.05) is 0 Å². The van der Waals surface area contributed by atoms with Crippen LogP contribution in [-0.2, 0) is 0 Å². The Morgan fingerprint density at radius 1 is 1.06 bits per heavy atom. The zero-order valence-corrected chi connectivity index (χ0v) is 11.5. The minimum Gasteiger partial charge on any atom is -0.315 e. The van der Waals surface area contributed by atoms with E-state index in [4.69, 9.17) is 0 Å². The van der Waals surface area contributed by atoms with Crippen molar-refractivity contribution in [2.75, 3.05) is 66.5 Å². The van der Waals surface area contributed by atoms with Gasteiger partial charge < -0.3 is 20.0 Å². The van der Waals surface area contributed by atoms with E-state index in [1.54, 1.807) is 0 Å². The summed E-state index contributed by atoms with van der Waals surface area (Å²) in [4.78, 5) is 7.61. The van der Waals surface area contributed by atoms with Crippen LogP contribution in [0.3, 0.4) is 0 Å². The van der Waals surface area contributed by atoms with Crippen LogP contribution in [0.2, 0.25) is 0 Å². The molecule has 0 bridgehead atoms. The van der Waals surface area contributed by atoms with Gasteiger partial charge in [0.15, 0.2) is 0 Å². The number of likely N-dealkylation sites (tertiary alicyclic amines) is 1. The van der Waals surface area contributed by atoms with Gasteiger partial charge in [0.1, 0.15) is 0 Å². The van der Waals surface area contributed by atoms with E-state index in [1.165, 1.54) is 65.2 Å². The van der Waals surface area contributed by atoms with Crippen molar-refractivity contribution in [1.29, 1.82) is 0 Å². The van der Waals surface area contributed by atoms with Crippen LogP contribution in [0.25, 0.3) is 0 Å². The molecule has 0 radical (unpaired) electrons. The van der Waals surface area contributed by atoms with Crippen LogP contribution in [0.4, 0.5) is 0 Å². The second-order valence-corrected chi connectivity index (χ2v) is 5.65. The largest absolute Gasteiger partial charge is 0.315 e. The summed E-state index contributed by atoms with van der Waals surface area (Å²) in [7, 11) is 4.41. The minimum absolute atomic E-state index is 0.779. The van der Waals surface area contributed by atoms with Gasteiger partial charge in [0.2, 0.25) is 0 Å². The average molecular weight is 240 g/mol. The topological polar surface area (TPSA) is 21.8 Å². The maximum Gasteiger partial charge on any atom is 0.0229 e. The molecule has 0 aliphatic carbocycles. The van der Waals surface area contributed by atoms with Crippen molar-refractivity contribution in [1.82, 2.24) is 20.0 Å². The summed E-state index contributed by atoms with van der Waals surface area (Å²) >= 11 is 0. The Labute approximate surface area is 106 Å². The molecule has 0 saturated carbocycles. The van der Waals surface area contributed by atoms with Gasteiger partial charge in [-0.15, -0.1) is 0 Å². The zero-order chi connectivity index (χ0) is 12.1. The highest BCUT2D eigenvalue weighted by Crippen LogP contribution is 2.12. The van der Waals surface area contributed by atoms with Crippen LogP contribution in [0, 0.1) is 0 Å². The first-order chi connectivity index (χ1) is 8.25. The summed E-state index contributed by atoms with van der Waals surface area (Å²) in [5.41, 5.74) is 0. The molecule has 1 N–H and O–H groups in total. The van der Waals surface area contributed by atoms with Crippen molar-refractivity contribution >= 4 is 0 Å². The fourth-order valence-corrected chi connectivity index (χ4v) is 2.84. The van der Waals surface area contributed by atoms with Crippen molar-refractivity contribution in [3.63, 3.8) is 0 Å². The molecule has 2 fully saturated rings. The molecule has 0 aromatic heterocycles. The van der Waals surface area contributed by atoms with Crippen LogP contribution in [0.5, 0.6) is 0 Å². The lowest BCUT2D eigenvalue weighted by atomic mass is 10.2. The lowest BCUT2D eigenvalue weighted by Gasteiger charge is -2.24. The fraction of sp³-hybridized carbons (Fsp3) is 1.00. The molecule has 1 atom stereocenters. The van der Waals surface area contributed by atoms with Gasteiger partial charge in [0, 0.05) is 38.8 Å². The maximum atomic E-state index is 3.47. The number of nitrogens with zero attached hydrogens (tertiary/aromatic N) is 3. The van der Waals surface area contributed by atoms with E-state index in [0.717, 1.165) is 6.04 Å². The van der Waals surface area contributed by atoms with Gasteiger partial charge in [-0.3, -0.25) is 0 Å². The van der Waals surface area contributed by atoms with E-state index in [9.17, 15) is 0 Å². The number of rotatable bonds is 4. The fourth-order valence-electron chi connectivity index (χ4n) is 2.84. The molecular formula is C13H28N4. The lowest BCUT2D eigenvalue weighted by molar-refractivity contribution is 0.220. The molecule has 0 aromatic carbocycles. The van der Waals surface area contributed by atoms with E-state index in [2.05, 4.69) is 34.1 Å². The van der Waals surface area contributed by atoms with Gasteiger partial charge in [0.05, 0.1) is 0 Å². The third-order valence-corrected chi connectivity index (χ3v) is 4.14. The molecule has 4 heteroatoms. The summed E-state index contributed by atoms with van der Waals surface area (Å²) in [5.74, 6) is 0. The molecular weight excluding hydrogens is 212 g/mol. The van der Waals surface area contributed by atoms with Crippen LogP contribution in [-0.4, -0.2) is 87.2 Å². The van der Waals surface area contributed by atoms with E-state index in [0.29, 0.717) is 0 Å². The molecule has 0 amide bonds. The molecule has 2 aliphatic heterocycles. The van der Waals surface area contributed by atoms with Crippen LogP contribution >= 0.6 is 0 Å². The molecule has 0 aromatic rings. The van der Waals surface area contributed by atoms with Gasteiger partial charge in [-0.25, -0.2) is 0 Å². The van der Waals surface area contributed by atoms with Gasteiger partial charge in [-0.1, -0.05) is 0 Å². The Kier molecular flexibility index (Phi) is 5.22. The first-order valence-electron chi connectivity index (χ1n) is 7.07. The summed E-state index contributed by atoms with van der Waals surface area (Å²) in [6.07, 6.45) is 2.65. The summed E-state index contributed by atoms with van der Waals surface area (Å²) in [5, 5.41) is 3.47. The van der Waals surface area contributed by atoms with Gasteiger partial charge >= 0.3 is 0 Å². The number of nitrogens with one attached hydrogen (secondary N) is 1. The molecule has 2 aliphatic rings. The summed E-state index contributed by atoms with van der Waals surface area (Å²) in [6.45, 7) is 9.92. The Morgan fingerprint density at radius 2 is 1.88 bits per heavy atom. The number of hydrogen-bond donors (Lipinski definition) is 1. The molecule has 1 unspecified atom stereocenters. The lowest BCUT2D eigenvalue weighted by Crippen LogP contribution is -2.37. The molecule has 17 heavy (non-hydrogen) atoms. The smallest absolute Gasteiger partial charge is 0.0229 e. The molecule has 2 rings (SSSR count). The van der Waals surface area contributed by atoms with Gasteiger partial charge in [-0.2, -0.15) is 0 Å². The highest BCUT2D eigenvalue weighted by molar-refractivity contribution is 4.81. The third-order valence-electron chi connectivity index (χ3n) is 4.14. The minimum atomic E-state index is 0.779. The van der Waals surface area contributed by atoms with E-state index < -0.39 is 0 Å². The monoisotopic (exact) mass is 240 g/mol. The third kappa shape index (κ3) is 4.21. The summed E-state index contributed by atoms with van der Waals surface area (Å²) in [6, 6.07) is 0.779. The van der Waals surface area contributed by atoms with Crippen molar-refractivity contribution in [2.24, 2.45) is 0 Å². The Bertz CT molecular complexity index is 211. The average Bonchev–Trinajstić information content (AvgIpc) is 2.63. The molecule has 0 spiro atoms. The van der Waals surface area contributed by atoms with Crippen LogP contribution in [0.15, 0.2) is 0 Å². The van der Waals surface area contributed by atoms with Gasteiger partial charge in [-0.05, 0) is 46.6 Å². The molecule has 2 saturated heterocycles. The second-order valence-electron chi connectivity index (χ2n) is 5.65. The Hall–Kier alpha value is -0.160.